The second kappa shape index (κ2) is 5.41. The standard InChI is InChI=1S/C16H14O2/c1-12(17)16(18)15-9-7-14(8-10-15)11-13-5-3-2-4-6-13/h2-10H,11H2,1H3. The SMILES string of the molecule is CC(=O)C(=O)c1ccc(Cc2ccccc2)cc1. The lowest BCUT2D eigenvalue weighted by atomic mass is 10.0. The maximum absolute atomic E-state index is 11.5. The van der Waals surface area contributed by atoms with E-state index in [1.54, 1.807) is 12.1 Å². The van der Waals surface area contributed by atoms with Gasteiger partial charge < -0.3 is 0 Å². The molecule has 0 aliphatic heterocycles. The molecule has 0 aliphatic rings. The van der Waals surface area contributed by atoms with Gasteiger partial charge in [0.05, 0.1) is 0 Å². The van der Waals surface area contributed by atoms with E-state index < -0.39 is 11.6 Å². The first-order chi connectivity index (χ1) is 8.66. The zero-order chi connectivity index (χ0) is 13.0. The summed E-state index contributed by atoms with van der Waals surface area (Å²) in [6.07, 6.45) is 0.829. The van der Waals surface area contributed by atoms with Crippen LogP contribution in [0.25, 0.3) is 0 Å². The van der Waals surface area contributed by atoms with Gasteiger partial charge in [0.2, 0.25) is 5.78 Å². The van der Waals surface area contributed by atoms with Gasteiger partial charge in [0.1, 0.15) is 0 Å². The zero-order valence-electron chi connectivity index (χ0n) is 10.2. The van der Waals surface area contributed by atoms with Gasteiger partial charge in [-0.3, -0.25) is 9.59 Å². The molecule has 0 aromatic heterocycles. The Morgan fingerprint density at radius 3 is 1.94 bits per heavy atom. The Balaban J connectivity index is 2.13. The molecule has 0 amide bonds. The maximum Gasteiger partial charge on any atom is 0.228 e. The highest BCUT2D eigenvalue weighted by Crippen LogP contribution is 2.11. The molecule has 0 fully saturated rings. The molecular weight excluding hydrogens is 224 g/mol. The van der Waals surface area contributed by atoms with Crippen molar-refractivity contribution >= 4 is 11.6 Å². The highest BCUT2D eigenvalue weighted by molar-refractivity contribution is 6.42. The van der Waals surface area contributed by atoms with Crippen LogP contribution in [0.5, 0.6) is 0 Å². The van der Waals surface area contributed by atoms with E-state index in [-0.39, 0.29) is 0 Å². The van der Waals surface area contributed by atoms with Gasteiger partial charge in [0.15, 0.2) is 5.78 Å². The predicted molar refractivity (Wildman–Crippen MR) is 70.7 cm³/mol. The number of carbonyl (C=O) groups is 2. The van der Waals surface area contributed by atoms with Gasteiger partial charge in [-0.1, -0.05) is 54.6 Å². The van der Waals surface area contributed by atoms with Crippen molar-refractivity contribution in [2.75, 3.05) is 0 Å². The molecule has 2 aromatic carbocycles. The van der Waals surface area contributed by atoms with Crippen LogP contribution in [0.3, 0.4) is 0 Å². The highest BCUT2D eigenvalue weighted by Gasteiger charge is 2.10. The number of benzene rings is 2. The first kappa shape index (κ1) is 12.2. The molecule has 0 bridgehead atoms. The summed E-state index contributed by atoms with van der Waals surface area (Å²) in [5, 5.41) is 0. The van der Waals surface area contributed by atoms with E-state index in [0.29, 0.717) is 5.56 Å². The van der Waals surface area contributed by atoms with Crippen molar-refractivity contribution in [2.45, 2.75) is 13.3 Å². The van der Waals surface area contributed by atoms with E-state index in [4.69, 9.17) is 0 Å². The smallest absolute Gasteiger partial charge is 0.228 e. The summed E-state index contributed by atoms with van der Waals surface area (Å²) >= 11 is 0. The third-order valence-corrected chi connectivity index (χ3v) is 2.79. The minimum Gasteiger partial charge on any atom is -0.291 e. The van der Waals surface area contributed by atoms with Crippen LogP contribution in [0.2, 0.25) is 0 Å². The Hall–Kier alpha value is -2.22. The van der Waals surface area contributed by atoms with Gasteiger partial charge in [-0.05, 0) is 17.5 Å². The van der Waals surface area contributed by atoms with Gasteiger partial charge >= 0.3 is 0 Å². The Labute approximate surface area is 106 Å². The lowest BCUT2D eigenvalue weighted by Gasteiger charge is -2.03. The van der Waals surface area contributed by atoms with Crippen LogP contribution >= 0.6 is 0 Å². The zero-order valence-corrected chi connectivity index (χ0v) is 10.2. The molecule has 0 heterocycles. The lowest BCUT2D eigenvalue weighted by Crippen LogP contribution is -2.09. The van der Waals surface area contributed by atoms with Crippen LogP contribution in [0.15, 0.2) is 54.6 Å². The van der Waals surface area contributed by atoms with E-state index in [0.717, 1.165) is 12.0 Å². The number of carbonyl (C=O) groups excluding carboxylic acids is 2. The maximum atomic E-state index is 11.5. The molecule has 0 unspecified atom stereocenters. The first-order valence-electron chi connectivity index (χ1n) is 5.85. The van der Waals surface area contributed by atoms with E-state index in [9.17, 15) is 9.59 Å². The second-order valence-corrected chi connectivity index (χ2v) is 4.24. The third-order valence-electron chi connectivity index (χ3n) is 2.79. The number of Topliss-reactive ketones (excluding diaryl/α,β-unsaturated/α-hetero) is 2. The summed E-state index contributed by atoms with van der Waals surface area (Å²) < 4.78 is 0. The largest absolute Gasteiger partial charge is 0.291 e. The Morgan fingerprint density at radius 1 is 0.833 bits per heavy atom. The third kappa shape index (κ3) is 2.92. The second-order valence-electron chi connectivity index (χ2n) is 4.24. The van der Waals surface area contributed by atoms with Crippen LogP contribution in [-0.4, -0.2) is 11.6 Å². The summed E-state index contributed by atoms with van der Waals surface area (Å²) in [7, 11) is 0. The fourth-order valence-corrected chi connectivity index (χ4v) is 1.81. The quantitative estimate of drug-likeness (QED) is 0.606. The van der Waals surface area contributed by atoms with Crippen LogP contribution in [0.4, 0.5) is 0 Å². The van der Waals surface area contributed by atoms with Crippen LogP contribution < -0.4 is 0 Å². The molecule has 0 saturated heterocycles. The Morgan fingerprint density at radius 2 is 1.39 bits per heavy atom. The fourth-order valence-electron chi connectivity index (χ4n) is 1.81. The molecular formula is C16H14O2. The van der Waals surface area contributed by atoms with Crippen molar-refractivity contribution in [3.8, 4) is 0 Å². The first-order valence-corrected chi connectivity index (χ1v) is 5.85. The van der Waals surface area contributed by atoms with Crippen molar-refractivity contribution in [1.82, 2.24) is 0 Å². The van der Waals surface area contributed by atoms with Gasteiger partial charge in [-0.25, -0.2) is 0 Å². The summed E-state index contributed by atoms with van der Waals surface area (Å²) in [4.78, 5) is 22.4. The minimum absolute atomic E-state index is 0.425. The van der Waals surface area contributed by atoms with Crippen LogP contribution in [0, 0.1) is 0 Å². The van der Waals surface area contributed by atoms with Crippen molar-refractivity contribution in [3.63, 3.8) is 0 Å². The molecule has 18 heavy (non-hydrogen) atoms. The topological polar surface area (TPSA) is 34.1 Å². The number of ketones is 2. The number of rotatable bonds is 4. The average molecular weight is 238 g/mol. The fraction of sp³-hybridized carbons (Fsp3) is 0.125. The van der Waals surface area contributed by atoms with E-state index in [1.165, 1.54) is 12.5 Å². The molecule has 2 heteroatoms. The molecule has 2 rings (SSSR count). The molecule has 2 nitrogen and oxygen atoms in total. The highest BCUT2D eigenvalue weighted by atomic mass is 16.2. The van der Waals surface area contributed by atoms with E-state index in [1.807, 2.05) is 30.3 Å². The number of hydrogen-bond donors (Lipinski definition) is 0. The van der Waals surface area contributed by atoms with E-state index >= 15 is 0 Å². The number of hydrogen-bond acceptors (Lipinski definition) is 2. The minimum atomic E-state index is -0.429. The molecule has 2 aromatic rings. The van der Waals surface area contributed by atoms with Gasteiger partial charge in [0.25, 0.3) is 0 Å². The van der Waals surface area contributed by atoms with E-state index in [2.05, 4.69) is 12.1 Å². The van der Waals surface area contributed by atoms with Crippen molar-refractivity contribution in [3.05, 3.63) is 71.3 Å². The Kier molecular flexibility index (Phi) is 3.68. The molecule has 0 aliphatic carbocycles. The molecule has 0 atom stereocenters. The average Bonchev–Trinajstić information content (AvgIpc) is 2.40. The lowest BCUT2D eigenvalue weighted by molar-refractivity contribution is -0.113. The van der Waals surface area contributed by atoms with Crippen molar-refractivity contribution in [1.29, 1.82) is 0 Å². The summed E-state index contributed by atoms with van der Waals surface area (Å²) in [5.74, 6) is -0.855. The van der Waals surface area contributed by atoms with Crippen LogP contribution in [0.1, 0.15) is 28.4 Å². The summed E-state index contributed by atoms with van der Waals surface area (Å²) in [5.41, 5.74) is 2.81. The predicted octanol–water partition coefficient (Wildman–Crippen LogP) is 3.05. The molecule has 90 valence electrons. The van der Waals surface area contributed by atoms with Gasteiger partial charge in [-0.2, -0.15) is 0 Å². The normalized spacial score (nSPS) is 10.1. The molecule has 0 N–H and O–H groups in total. The Bertz CT molecular complexity index is 553. The molecule has 0 radical (unpaired) electrons. The van der Waals surface area contributed by atoms with Gasteiger partial charge in [-0.15, -0.1) is 0 Å². The summed E-state index contributed by atoms with van der Waals surface area (Å²) in [6, 6.07) is 17.3. The molecule has 0 saturated carbocycles. The summed E-state index contributed by atoms with van der Waals surface area (Å²) in [6.45, 7) is 1.29. The van der Waals surface area contributed by atoms with Crippen molar-refractivity contribution < 1.29 is 9.59 Å². The van der Waals surface area contributed by atoms with Crippen LogP contribution in [-0.2, 0) is 11.2 Å². The molecule has 0 spiro atoms. The van der Waals surface area contributed by atoms with Crippen molar-refractivity contribution in [2.24, 2.45) is 0 Å². The van der Waals surface area contributed by atoms with Gasteiger partial charge in [0, 0.05) is 12.5 Å². The monoisotopic (exact) mass is 238 g/mol.